The second kappa shape index (κ2) is 9.36. The van der Waals surface area contributed by atoms with Gasteiger partial charge in [-0.1, -0.05) is 18.2 Å². The highest BCUT2D eigenvalue weighted by molar-refractivity contribution is 7.89. The van der Waals surface area contributed by atoms with Crippen LogP contribution in [0.3, 0.4) is 0 Å². The summed E-state index contributed by atoms with van der Waals surface area (Å²) in [5.74, 6) is -2.90. The maximum Gasteiger partial charge on any atom is 0.309 e. The molecule has 4 rings (SSSR count). The van der Waals surface area contributed by atoms with Gasteiger partial charge in [0.25, 0.3) is 5.89 Å². The molecule has 0 saturated carbocycles. The largest absolute Gasteiger partial charge is 0.452 e. The number of hydrogen-bond acceptors (Lipinski definition) is 7. The Bertz CT molecular complexity index is 1240. The van der Waals surface area contributed by atoms with Crippen molar-refractivity contribution >= 4 is 16.0 Å². The molecule has 3 aromatic rings. The van der Waals surface area contributed by atoms with Crippen molar-refractivity contribution in [1.29, 1.82) is 0 Å². The lowest BCUT2D eigenvalue weighted by Gasteiger charge is -2.30. The first kappa shape index (κ1) is 23.0. The molecule has 0 radical (unpaired) electrons. The monoisotopic (exact) mass is 477 g/mol. The number of carbonyl (C=O) groups excluding carboxylic acids is 1. The van der Waals surface area contributed by atoms with E-state index < -0.39 is 39.6 Å². The molecule has 0 N–H and O–H groups in total. The molecule has 0 unspecified atom stereocenters. The zero-order valence-corrected chi connectivity index (χ0v) is 18.5. The van der Waals surface area contributed by atoms with Crippen molar-refractivity contribution in [2.45, 2.75) is 30.8 Å². The molecule has 0 amide bonds. The fraction of sp³-hybridized carbons (Fsp3) is 0.318. The maximum absolute atomic E-state index is 13.5. The van der Waals surface area contributed by atoms with Gasteiger partial charge in [0.15, 0.2) is 17.7 Å². The van der Waals surface area contributed by atoms with Gasteiger partial charge in [0.2, 0.25) is 15.9 Å². The molecular weight excluding hydrogens is 456 g/mol. The van der Waals surface area contributed by atoms with Gasteiger partial charge in [0, 0.05) is 18.7 Å². The summed E-state index contributed by atoms with van der Waals surface area (Å²) in [6.07, 6.45) is -0.312. The average molecular weight is 477 g/mol. The third-order valence-corrected chi connectivity index (χ3v) is 7.31. The Morgan fingerprint density at radius 3 is 2.45 bits per heavy atom. The number of carbonyl (C=O) groups is 1. The number of rotatable bonds is 6. The molecule has 0 aliphatic carbocycles. The van der Waals surface area contributed by atoms with Gasteiger partial charge in [-0.15, -0.1) is 10.2 Å². The van der Waals surface area contributed by atoms with Crippen LogP contribution in [0.5, 0.6) is 0 Å². The molecule has 1 saturated heterocycles. The van der Waals surface area contributed by atoms with Crippen LogP contribution in [0.25, 0.3) is 11.5 Å². The second-order valence-corrected chi connectivity index (χ2v) is 9.58. The molecule has 2 heterocycles. The smallest absolute Gasteiger partial charge is 0.309 e. The molecule has 1 fully saturated rings. The number of ether oxygens (including phenoxy) is 1. The van der Waals surface area contributed by atoms with E-state index in [1.807, 2.05) is 30.3 Å². The summed E-state index contributed by atoms with van der Waals surface area (Å²) in [5, 5.41) is 7.92. The van der Waals surface area contributed by atoms with E-state index in [0.717, 1.165) is 22.0 Å². The number of piperidine rings is 1. The number of halogens is 2. The van der Waals surface area contributed by atoms with E-state index >= 15 is 0 Å². The first-order valence-electron chi connectivity index (χ1n) is 10.3. The van der Waals surface area contributed by atoms with E-state index in [-0.39, 0.29) is 36.7 Å². The molecular formula is C22H21F2N3O5S. The Morgan fingerprint density at radius 2 is 1.79 bits per heavy atom. The van der Waals surface area contributed by atoms with Crippen LogP contribution >= 0.6 is 0 Å². The molecule has 8 nitrogen and oxygen atoms in total. The Kier molecular flexibility index (Phi) is 6.52. The minimum Gasteiger partial charge on any atom is -0.452 e. The fourth-order valence-electron chi connectivity index (χ4n) is 3.54. The zero-order chi connectivity index (χ0) is 23.6. The van der Waals surface area contributed by atoms with Crippen molar-refractivity contribution in [1.82, 2.24) is 14.5 Å². The molecule has 174 valence electrons. The fourth-order valence-corrected chi connectivity index (χ4v) is 5.02. The molecule has 2 aromatic carbocycles. The van der Waals surface area contributed by atoms with Gasteiger partial charge < -0.3 is 9.15 Å². The summed E-state index contributed by atoms with van der Waals surface area (Å²) in [6, 6.07) is 11.6. The van der Waals surface area contributed by atoms with Crippen molar-refractivity contribution in [3.05, 3.63) is 66.1 Å². The van der Waals surface area contributed by atoms with Gasteiger partial charge >= 0.3 is 5.97 Å². The van der Waals surface area contributed by atoms with Crippen LogP contribution in [0, 0.1) is 17.6 Å². The number of hydrogen-bond donors (Lipinski definition) is 0. The minimum atomic E-state index is -4.00. The number of esters is 1. The molecule has 0 bridgehead atoms. The van der Waals surface area contributed by atoms with Crippen molar-refractivity contribution in [2.24, 2.45) is 5.92 Å². The molecule has 1 aliphatic heterocycles. The highest BCUT2D eigenvalue weighted by Gasteiger charge is 2.34. The van der Waals surface area contributed by atoms with E-state index in [1.54, 1.807) is 6.92 Å². The quantitative estimate of drug-likeness (QED) is 0.499. The van der Waals surface area contributed by atoms with E-state index in [4.69, 9.17) is 9.15 Å². The minimum absolute atomic E-state index is 0.0498. The molecule has 0 spiro atoms. The highest BCUT2D eigenvalue weighted by Crippen LogP contribution is 2.28. The Balaban J connectivity index is 1.35. The Labute approximate surface area is 189 Å². The number of sulfonamides is 1. The predicted octanol–water partition coefficient (Wildman–Crippen LogP) is 3.72. The summed E-state index contributed by atoms with van der Waals surface area (Å²) >= 11 is 0. The van der Waals surface area contributed by atoms with Gasteiger partial charge in [-0.2, -0.15) is 4.31 Å². The second-order valence-electron chi connectivity index (χ2n) is 7.64. The molecule has 1 aromatic heterocycles. The third-order valence-electron chi connectivity index (χ3n) is 5.42. The summed E-state index contributed by atoms with van der Waals surface area (Å²) in [6.45, 7) is 1.71. The van der Waals surface area contributed by atoms with Crippen LogP contribution in [0.1, 0.15) is 31.8 Å². The standard InChI is InChI=1S/C22H21F2N3O5S/c1-14(20-25-26-21(32-20)15-5-3-2-4-6-15)31-22(28)16-9-11-27(12-10-16)33(29,30)17-7-8-18(23)19(24)13-17/h2-8,13-14,16H,9-12H2,1H3/t14-/m1/s1. The third kappa shape index (κ3) is 4.93. The summed E-state index contributed by atoms with van der Waals surface area (Å²) in [4.78, 5) is 12.3. The molecule has 11 heteroatoms. The summed E-state index contributed by atoms with van der Waals surface area (Å²) in [5.41, 5.74) is 0.740. The van der Waals surface area contributed by atoms with E-state index in [1.165, 1.54) is 0 Å². The topological polar surface area (TPSA) is 103 Å². The van der Waals surface area contributed by atoms with Crippen molar-refractivity contribution in [3.8, 4) is 11.5 Å². The average Bonchev–Trinajstić information content (AvgIpc) is 3.32. The normalized spacial score (nSPS) is 16.5. The zero-order valence-electron chi connectivity index (χ0n) is 17.6. The van der Waals surface area contributed by atoms with Crippen LogP contribution in [0.2, 0.25) is 0 Å². The van der Waals surface area contributed by atoms with Gasteiger partial charge in [-0.3, -0.25) is 4.79 Å². The van der Waals surface area contributed by atoms with E-state index in [0.29, 0.717) is 12.0 Å². The predicted molar refractivity (Wildman–Crippen MR) is 112 cm³/mol. The highest BCUT2D eigenvalue weighted by atomic mass is 32.2. The number of benzene rings is 2. The first-order chi connectivity index (χ1) is 15.8. The van der Waals surface area contributed by atoms with Gasteiger partial charge in [-0.25, -0.2) is 17.2 Å². The Morgan fingerprint density at radius 1 is 1.09 bits per heavy atom. The lowest BCUT2D eigenvalue weighted by atomic mass is 9.98. The van der Waals surface area contributed by atoms with Crippen molar-refractivity contribution in [3.63, 3.8) is 0 Å². The lowest BCUT2D eigenvalue weighted by Crippen LogP contribution is -2.40. The molecule has 1 atom stereocenters. The van der Waals surface area contributed by atoms with Crippen LogP contribution < -0.4 is 0 Å². The Hall–Kier alpha value is -3.18. The van der Waals surface area contributed by atoms with Gasteiger partial charge in [-0.05, 0) is 50.1 Å². The van der Waals surface area contributed by atoms with Gasteiger partial charge in [0.1, 0.15) is 0 Å². The van der Waals surface area contributed by atoms with Gasteiger partial charge in [0.05, 0.1) is 10.8 Å². The SMILES string of the molecule is C[C@@H](OC(=O)C1CCN(S(=O)(=O)c2ccc(F)c(F)c2)CC1)c1nnc(-c2ccccc2)o1. The summed E-state index contributed by atoms with van der Waals surface area (Å²) in [7, 11) is -4.00. The van der Waals surface area contributed by atoms with E-state index in [9.17, 15) is 22.0 Å². The van der Waals surface area contributed by atoms with Crippen LogP contribution in [0.15, 0.2) is 57.8 Å². The summed E-state index contributed by atoms with van der Waals surface area (Å²) < 4.78 is 64.2. The maximum atomic E-state index is 13.5. The van der Waals surface area contributed by atoms with Crippen LogP contribution in [-0.2, 0) is 19.6 Å². The van der Waals surface area contributed by atoms with Crippen molar-refractivity contribution < 1.29 is 31.1 Å². The van der Waals surface area contributed by atoms with E-state index in [2.05, 4.69) is 10.2 Å². The molecule has 33 heavy (non-hydrogen) atoms. The molecule has 1 aliphatic rings. The first-order valence-corrected chi connectivity index (χ1v) is 11.7. The number of aromatic nitrogens is 2. The van der Waals surface area contributed by atoms with Crippen LogP contribution in [-0.4, -0.2) is 42.0 Å². The number of nitrogens with zero attached hydrogens (tertiary/aromatic N) is 3. The lowest BCUT2D eigenvalue weighted by molar-refractivity contribution is -0.156. The van der Waals surface area contributed by atoms with Crippen LogP contribution in [0.4, 0.5) is 8.78 Å². The van der Waals surface area contributed by atoms with Crippen molar-refractivity contribution in [2.75, 3.05) is 13.1 Å².